The Kier molecular flexibility index (Phi) is 5.98. The lowest BCUT2D eigenvalue weighted by atomic mass is 9.83. The largest absolute Gasteiger partial charge is 0.396 e. The van der Waals surface area contributed by atoms with Crippen LogP contribution in [0.3, 0.4) is 0 Å². The second-order valence-electron chi connectivity index (χ2n) is 3.03. The summed E-state index contributed by atoms with van der Waals surface area (Å²) in [5, 5.41) is 26.5. The molecule has 0 heterocycles. The molecule has 0 aliphatic heterocycles. The summed E-state index contributed by atoms with van der Waals surface area (Å²) in [6.07, 6.45) is 4.75. The van der Waals surface area contributed by atoms with Crippen molar-refractivity contribution in [3.63, 3.8) is 0 Å². The van der Waals surface area contributed by atoms with Gasteiger partial charge in [0.15, 0.2) is 0 Å². The lowest BCUT2D eigenvalue weighted by Gasteiger charge is -2.26. The summed E-state index contributed by atoms with van der Waals surface area (Å²) in [4.78, 5) is 0. The van der Waals surface area contributed by atoms with Gasteiger partial charge in [0.25, 0.3) is 0 Å². The fourth-order valence-electron chi connectivity index (χ4n) is 0.955. The minimum absolute atomic E-state index is 0.0106. The van der Waals surface area contributed by atoms with Crippen LogP contribution in [0.4, 0.5) is 0 Å². The highest BCUT2D eigenvalue weighted by atomic mass is 16.3. The summed E-state index contributed by atoms with van der Waals surface area (Å²) >= 11 is 0. The summed E-state index contributed by atoms with van der Waals surface area (Å²) < 4.78 is 0. The lowest BCUT2D eigenvalue weighted by molar-refractivity contribution is 0.0535. The van der Waals surface area contributed by atoms with E-state index in [1.165, 1.54) is 0 Å². The van der Waals surface area contributed by atoms with Crippen LogP contribution in [-0.4, -0.2) is 35.1 Å². The number of hydrogen-bond donors (Lipinski definition) is 3. The fourth-order valence-corrected chi connectivity index (χ4v) is 0.955. The van der Waals surface area contributed by atoms with E-state index >= 15 is 0 Å². The van der Waals surface area contributed by atoms with Gasteiger partial charge in [0.2, 0.25) is 0 Å². The van der Waals surface area contributed by atoms with Gasteiger partial charge >= 0.3 is 0 Å². The smallest absolute Gasteiger partial charge is 0.0612 e. The van der Waals surface area contributed by atoms with Gasteiger partial charge in [-0.25, -0.2) is 0 Å². The zero-order valence-corrected chi connectivity index (χ0v) is 7.53. The third kappa shape index (κ3) is 3.34. The van der Waals surface area contributed by atoms with E-state index in [9.17, 15) is 0 Å². The molecule has 0 aromatic rings. The van der Waals surface area contributed by atoms with Gasteiger partial charge in [0.05, 0.1) is 19.8 Å². The van der Waals surface area contributed by atoms with E-state index in [-0.39, 0.29) is 19.8 Å². The Morgan fingerprint density at radius 3 is 2.00 bits per heavy atom. The first-order valence-electron chi connectivity index (χ1n) is 4.22. The van der Waals surface area contributed by atoms with Crippen LogP contribution >= 0.6 is 0 Å². The number of aliphatic hydroxyl groups excluding tert-OH is 3. The Bertz CT molecular complexity index is 119. The molecule has 72 valence electrons. The molecule has 0 bridgehead atoms. The Morgan fingerprint density at radius 1 is 1.08 bits per heavy atom. The summed E-state index contributed by atoms with van der Waals surface area (Å²) in [7, 11) is 0. The number of rotatable bonds is 6. The van der Waals surface area contributed by atoms with Crippen LogP contribution in [-0.2, 0) is 0 Å². The summed E-state index contributed by atoms with van der Waals surface area (Å²) in [5.74, 6) is 0. The van der Waals surface area contributed by atoms with Crippen molar-refractivity contribution in [1.29, 1.82) is 0 Å². The van der Waals surface area contributed by atoms with Crippen LogP contribution in [0.5, 0.6) is 0 Å². The van der Waals surface area contributed by atoms with Crippen molar-refractivity contribution in [3.05, 3.63) is 12.2 Å². The molecule has 3 heteroatoms. The van der Waals surface area contributed by atoms with Gasteiger partial charge in [-0.1, -0.05) is 19.1 Å². The van der Waals surface area contributed by atoms with E-state index in [0.717, 1.165) is 6.42 Å². The molecule has 0 saturated heterocycles. The zero-order chi connectivity index (χ0) is 9.45. The predicted molar refractivity (Wildman–Crippen MR) is 47.7 cm³/mol. The number of aliphatic hydroxyl groups is 3. The topological polar surface area (TPSA) is 60.7 Å². The molecule has 0 rings (SSSR count). The van der Waals surface area contributed by atoms with E-state index in [2.05, 4.69) is 0 Å². The summed E-state index contributed by atoms with van der Waals surface area (Å²) in [6.45, 7) is 1.90. The van der Waals surface area contributed by atoms with Crippen molar-refractivity contribution in [3.8, 4) is 0 Å². The van der Waals surface area contributed by atoms with Crippen molar-refractivity contribution in [2.45, 2.75) is 19.8 Å². The highest BCUT2D eigenvalue weighted by Gasteiger charge is 2.24. The standard InChI is InChI=1S/C9H18O3/c1-2-9(7-11,8-12)5-3-4-6-10/h3-4,10-12H,2,5-8H2,1H3/b4-3+. The normalized spacial score (nSPS) is 12.7. The van der Waals surface area contributed by atoms with E-state index < -0.39 is 5.41 Å². The average molecular weight is 174 g/mol. The second kappa shape index (κ2) is 6.17. The van der Waals surface area contributed by atoms with Gasteiger partial charge in [0, 0.05) is 5.41 Å². The molecule has 0 aliphatic carbocycles. The molecule has 0 aromatic carbocycles. The third-order valence-corrected chi connectivity index (χ3v) is 2.24. The van der Waals surface area contributed by atoms with E-state index in [1.54, 1.807) is 12.2 Å². The molecule has 0 amide bonds. The molecule has 3 nitrogen and oxygen atoms in total. The highest BCUT2D eigenvalue weighted by Crippen LogP contribution is 2.25. The van der Waals surface area contributed by atoms with Crippen molar-refractivity contribution in [2.75, 3.05) is 19.8 Å². The Morgan fingerprint density at radius 2 is 1.67 bits per heavy atom. The van der Waals surface area contributed by atoms with Crippen molar-refractivity contribution < 1.29 is 15.3 Å². The Labute approximate surface area is 73.4 Å². The predicted octanol–water partition coefficient (Wildman–Crippen LogP) is 0.306. The SMILES string of the molecule is CCC(CO)(CO)C/C=C/CO. The molecule has 0 aliphatic rings. The van der Waals surface area contributed by atoms with Gasteiger partial charge in [-0.3, -0.25) is 0 Å². The lowest BCUT2D eigenvalue weighted by Crippen LogP contribution is -2.28. The monoisotopic (exact) mass is 174 g/mol. The molecule has 0 saturated carbocycles. The highest BCUT2D eigenvalue weighted by molar-refractivity contribution is 4.90. The second-order valence-corrected chi connectivity index (χ2v) is 3.03. The Hall–Kier alpha value is -0.380. The average Bonchev–Trinajstić information content (AvgIpc) is 2.14. The summed E-state index contributed by atoms with van der Waals surface area (Å²) in [5.41, 5.74) is -0.411. The molecule has 0 radical (unpaired) electrons. The molecule has 3 N–H and O–H groups in total. The zero-order valence-electron chi connectivity index (χ0n) is 7.53. The first kappa shape index (κ1) is 11.6. The summed E-state index contributed by atoms with van der Waals surface area (Å²) in [6, 6.07) is 0. The third-order valence-electron chi connectivity index (χ3n) is 2.24. The van der Waals surface area contributed by atoms with Crippen molar-refractivity contribution in [1.82, 2.24) is 0 Å². The molecule has 0 fully saturated rings. The van der Waals surface area contributed by atoms with Crippen LogP contribution in [0, 0.1) is 5.41 Å². The molecular weight excluding hydrogens is 156 g/mol. The van der Waals surface area contributed by atoms with Gasteiger partial charge in [-0.2, -0.15) is 0 Å². The van der Waals surface area contributed by atoms with Crippen LogP contribution in [0.2, 0.25) is 0 Å². The Balaban J connectivity index is 4.01. The van der Waals surface area contributed by atoms with Crippen LogP contribution in [0.1, 0.15) is 19.8 Å². The maximum Gasteiger partial charge on any atom is 0.0612 e. The van der Waals surface area contributed by atoms with Gasteiger partial charge in [-0.15, -0.1) is 0 Å². The van der Waals surface area contributed by atoms with E-state index in [4.69, 9.17) is 15.3 Å². The van der Waals surface area contributed by atoms with E-state index in [1.807, 2.05) is 6.92 Å². The maximum atomic E-state index is 9.02. The van der Waals surface area contributed by atoms with Gasteiger partial charge in [0.1, 0.15) is 0 Å². The van der Waals surface area contributed by atoms with Crippen LogP contribution in [0.25, 0.3) is 0 Å². The van der Waals surface area contributed by atoms with E-state index in [0.29, 0.717) is 6.42 Å². The molecule has 0 aromatic heterocycles. The molecule has 0 atom stereocenters. The number of hydrogen-bond acceptors (Lipinski definition) is 3. The quantitative estimate of drug-likeness (QED) is 0.508. The maximum absolute atomic E-state index is 9.02. The minimum Gasteiger partial charge on any atom is -0.396 e. The van der Waals surface area contributed by atoms with Crippen molar-refractivity contribution >= 4 is 0 Å². The van der Waals surface area contributed by atoms with Gasteiger partial charge in [-0.05, 0) is 12.8 Å². The van der Waals surface area contributed by atoms with Crippen LogP contribution in [0.15, 0.2) is 12.2 Å². The van der Waals surface area contributed by atoms with Gasteiger partial charge < -0.3 is 15.3 Å². The first-order chi connectivity index (χ1) is 5.74. The minimum atomic E-state index is -0.411. The molecule has 0 spiro atoms. The molecular formula is C9H18O3. The fraction of sp³-hybridized carbons (Fsp3) is 0.778. The molecule has 12 heavy (non-hydrogen) atoms. The van der Waals surface area contributed by atoms with Crippen molar-refractivity contribution in [2.24, 2.45) is 5.41 Å². The van der Waals surface area contributed by atoms with Crippen LogP contribution < -0.4 is 0 Å². The number of allylic oxidation sites excluding steroid dienone is 1. The molecule has 0 unspecified atom stereocenters. The first-order valence-corrected chi connectivity index (χ1v) is 4.22.